The number of halogens is 1. The van der Waals surface area contributed by atoms with Crippen molar-refractivity contribution >= 4 is 18.4 Å². The molecular weight excluding hydrogens is 266 g/mol. The minimum Gasteiger partial charge on any atom is -0.378 e. The Morgan fingerprint density at radius 3 is 2.32 bits per heavy atom. The van der Waals surface area contributed by atoms with Crippen LogP contribution in [0, 0.1) is 5.92 Å². The third kappa shape index (κ3) is 4.82. The van der Waals surface area contributed by atoms with Crippen molar-refractivity contribution in [3.05, 3.63) is 0 Å². The molecule has 0 aromatic carbocycles. The second-order valence-corrected chi connectivity index (χ2v) is 5.12. The number of ether oxygens (including phenoxy) is 1. The molecule has 0 aliphatic carbocycles. The summed E-state index contributed by atoms with van der Waals surface area (Å²) in [6.07, 6.45) is 2.26. The topological polar surface area (TPSA) is 44.8 Å². The summed E-state index contributed by atoms with van der Waals surface area (Å²) in [6.45, 7) is 8.94. The second kappa shape index (κ2) is 8.61. The van der Waals surface area contributed by atoms with Gasteiger partial charge >= 0.3 is 6.03 Å². The number of carbonyl (C=O) groups excluding carboxylic acids is 1. The number of piperidine rings is 1. The van der Waals surface area contributed by atoms with Crippen molar-refractivity contribution in [3.8, 4) is 0 Å². The van der Waals surface area contributed by atoms with E-state index in [1.165, 1.54) is 0 Å². The van der Waals surface area contributed by atoms with Crippen LogP contribution >= 0.6 is 12.4 Å². The van der Waals surface area contributed by atoms with Gasteiger partial charge in [-0.25, -0.2) is 4.79 Å². The van der Waals surface area contributed by atoms with Gasteiger partial charge in [-0.3, -0.25) is 0 Å². The van der Waals surface area contributed by atoms with Gasteiger partial charge in [0, 0.05) is 26.2 Å². The van der Waals surface area contributed by atoms with E-state index in [1.54, 1.807) is 0 Å². The molecule has 0 spiro atoms. The van der Waals surface area contributed by atoms with Gasteiger partial charge in [0.1, 0.15) is 0 Å². The van der Waals surface area contributed by atoms with Gasteiger partial charge in [-0.2, -0.15) is 0 Å². The number of hydrogen-bond acceptors (Lipinski definition) is 3. The van der Waals surface area contributed by atoms with Crippen LogP contribution < -0.4 is 5.32 Å². The van der Waals surface area contributed by atoms with Crippen molar-refractivity contribution < 1.29 is 9.53 Å². The Morgan fingerprint density at radius 2 is 1.74 bits per heavy atom. The van der Waals surface area contributed by atoms with E-state index in [0.717, 1.165) is 58.0 Å². The van der Waals surface area contributed by atoms with E-state index in [9.17, 15) is 4.79 Å². The lowest BCUT2D eigenvalue weighted by molar-refractivity contribution is 0.0401. The molecule has 0 bridgehead atoms. The van der Waals surface area contributed by atoms with Crippen LogP contribution in [-0.2, 0) is 4.74 Å². The third-order valence-electron chi connectivity index (χ3n) is 3.85. The van der Waals surface area contributed by atoms with Crippen LogP contribution in [0.1, 0.15) is 19.8 Å². The molecule has 0 atom stereocenters. The van der Waals surface area contributed by atoms with Crippen molar-refractivity contribution in [1.82, 2.24) is 15.1 Å². The van der Waals surface area contributed by atoms with E-state index >= 15 is 0 Å². The Kier molecular flexibility index (Phi) is 7.49. The first-order valence-corrected chi connectivity index (χ1v) is 7.13. The Labute approximate surface area is 122 Å². The number of morpholine rings is 1. The van der Waals surface area contributed by atoms with E-state index in [1.807, 2.05) is 9.80 Å². The molecule has 19 heavy (non-hydrogen) atoms. The van der Waals surface area contributed by atoms with Gasteiger partial charge in [-0.1, -0.05) is 6.92 Å². The summed E-state index contributed by atoms with van der Waals surface area (Å²) in [6, 6.07) is 0.209. The van der Waals surface area contributed by atoms with Crippen LogP contribution in [0.3, 0.4) is 0 Å². The Hall–Kier alpha value is -0.520. The smallest absolute Gasteiger partial charge is 0.320 e. The molecular formula is C13H26ClN3O2. The van der Waals surface area contributed by atoms with Gasteiger partial charge in [-0.15, -0.1) is 12.4 Å². The molecule has 2 fully saturated rings. The number of nitrogens with zero attached hydrogens (tertiary/aromatic N) is 2. The fraction of sp³-hybridized carbons (Fsp3) is 0.923. The first-order chi connectivity index (χ1) is 8.81. The molecule has 0 radical (unpaired) electrons. The SMILES string of the molecule is CCNCC1CCN(C(=O)N2CCOCC2)CC1.Cl. The van der Waals surface area contributed by atoms with Crippen LogP contribution in [0.2, 0.25) is 0 Å². The Balaban J connectivity index is 0.00000180. The molecule has 2 aliphatic heterocycles. The predicted molar refractivity (Wildman–Crippen MR) is 77.9 cm³/mol. The lowest BCUT2D eigenvalue weighted by Gasteiger charge is -2.37. The highest BCUT2D eigenvalue weighted by Gasteiger charge is 2.26. The van der Waals surface area contributed by atoms with E-state index in [0.29, 0.717) is 13.2 Å². The lowest BCUT2D eigenvalue weighted by Crippen LogP contribution is -2.50. The van der Waals surface area contributed by atoms with Crippen LogP contribution in [0.25, 0.3) is 0 Å². The van der Waals surface area contributed by atoms with Gasteiger partial charge in [0.2, 0.25) is 0 Å². The van der Waals surface area contributed by atoms with Gasteiger partial charge in [0.05, 0.1) is 13.2 Å². The van der Waals surface area contributed by atoms with Gasteiger partial charge in [-0.05, 0) is 31.8 Å². The highest BCUT2D eigenvalue weighted by atomic mass is 35.5. The summed E-state index contributed by atoms with van der Waals surface area (Å²) in [7, 11) is 0. The predicted octanol–water partition coefficient (Wildman–Crippen LogP) is 1.18. The molecule has 112 valence electrons. The van der Waals surface area contributed by atoms with Crippen molar-refractivity contribution in [3.63, 3.8) is 0 Å². The molecule has 0 saturated carbocycles. The van der Waals surface area contributed by atoms with E-state index in [-0.39, 0.29) is 18.4 Å². The van der Waals surface area contributed by atoms with Gasteiger partial charge in [0.15, 0.2) is 0 Å². The monoisotopic (exact) mass is 291 g/mol. The minimum absolute atomic E-state index is 0. The third-order valence-corrected chi connectivity index (χ3v) is 3.85. The number of nitrogens with one attached hydrogen (secondary N) is 1. The number of carbonyl (C=O) groups is 1. The summed E-state index contributed by atoms with van der Waals surface area (Å²) in [4.78, 5) is 16.2. The zero-order valence-corrected chi connectivity index (χ0v) is 12.6. The fourth-order valence-electron chi connectivity index (χ4n) is 2.63. The molecule has 2 rings (SSSR count). The van der Waals surface area contributed by atoms with Crippen LogP contribution in [-0.4, -0.2) is 68.3 Å². The van der Waals surface area contributed by atoms with Crippen molar-refractivity contribution in [1.29, 1.82) is 0 Å². The Bertz CT molecular complexity index is 265. The average Bonchev–Trinajstić information content (AvgIpc) is 2.46. The first kappa shape index (κ1) is 16.5. The molecule has 2 amide bonds. The summed E-state index contributed by atoms with van der Waals surface area (Å²) in [5.41, 5.74) is 0. The molecule has 6 heteroatoms. The number of urea groups is 1. The van der Waals surface area contributed by atoms with Crippen molar-refractivity contribution in [2.75, 3.05) is 52.5 Å². The van der Waals surface area contributed by atoms with Crippen molar-refractivity contribution in [2.24, 2.45) is 5.92 Å². The molecule has 2 aliphatic rings. The summed E-state index contributed by atoms with van der Waals surface area (Å²) in [5, 5.41) is 3.40. The number of amides is 2. The summed E-state index contributed by atoms with van der Waals surface area (Å²) >= 11 is 0. The maximum atomic E-state index is 12.3. The normalized spacial score (nSPS) is 21.1. The zero-order chi connectivity index (χ0) is 12.8. The second-order valence-electron chi connectivity index (χ2n) is 5.12. The number of rotatable bonds is 3. The Morgan fingerprint density at radius 1 is 1.16 bits per heavy atom. The lowest BCUT2D eigenvalue weighted by atomic mass is 9.97. The van der Waals surface area contributed by atoms with E-state index in [4.69, 9.17) is 4.74 Å². The zero-order valence-electron chi connectivity index (χ0n) is 11.8. The highest BCUT2D eigenvalue weighted by molar-refractivity contribution is 5.85. The molecule has 5 nitrogen and oxygen atoms in total. The van der Waals surface area contributed by atoms with E-state index in [2.05, 4.69) is 12.2 Å². The molecule has 2 saturated heterocycles. The minimum atomic E-state index is 0. The molecule has 1 N–H and O–H groups in total. The largest absolute Gasteiger partial charge is 0.378 e. The van der Waals surface area contributed by atoms with Crippen molar-refractivity contribution in [2.45, 2.75) is 19.8 Å². The van der Waals surface area contributed by atoms with Crippen LogP contribution in [0.4, 0.5) is 4.79 Å². The molecule has 2 heterocycles. The summed E-state index contributed by atoms with van der Waals surface area (Å²) < 4.78 is 5.28. The fourth-order valence-corrected chi connectivity index (χ4v) is 2.63. The number of hydrogen-bond donors (Lipinski definition) is 1. The quantitative estimate of drug-likeness (QED) is 0.849. The molecule has 0 unspecified atom stereocenters. The number of likely N-dealkylation sites (tertiary alicyclic amines) is 1. The summed E-state index contributed by atoms with van der Waals surface area (Å²) in [5.74, 6) is 0.735. The van der Waals surface area contributed by atoms with Crippen LogP contribution in [0.5, 0.6) is 0 Å². The van der Waals surface area contributed by atoms with Gasteiger partial charge < -0.3 is 19.9 Å². The van der Waals surface area contributed by atoms with Gasteiger partial charge in [0.25, 0.3) is 0 Å². The maximum absolute atomic E-state index is 12.3. The average molecular weight is 292 g/mol. The van der Waals surface area contributed by atoms with Crippen LogP contribution in [0.15, 0.2) is 0 Å². The van der Waals surface area contributed by atoms with E-state index < -0.39 is 0 Å². The highest BCUT2D eigenvalue weighted by Crippen LogP contribution is 2.18. The standard InChI is InChI=1S/C13H25N3O2.ClH/c1-2-14-11-12-3-5-15(6-4-12)13(17)16-7-9-18-10-8-16;/h12,14H,2-11H2,1H3;1H. The first-order valence-electron chi connectivity index (χ1n) is 7.13. The molecule has 0 aromatic heterocycles. The maximum Gasteiger partial charge on any atom is 0.320 e. The molecule has 0 aromatic rings.